The normalized spacial score (nSPS) is 16.2. The zero-order chi connectivity index (χ0) is 11.5. The van der Waals surface area contributed by atoms with Gasteiger partial charge < -0.3 is 10.6 Å². The van der Waals surface area contributed by atoms with Gasteiger partial charge in [0.2, 0.25) is 0 Å². The molecule has 2 rings (SSSR count). The largest absolute Gasteiger partial charge is 0.371 e. The minimum absolute atomic E-state index is 0.0180. The molecule has 0 aromatic heterocycles. The zero-order valence-electron chi connectivity index (χ0n) is 9.08. The van der Waals surface area contributed by atoms with Gasteiger partial charge in [-0.25, -0.2) is 4.39 Å². The number of hydrogen-bond acceptors (Lipinski definition) is 2. The molecule has 0 bridgehead atoms. The number of nitrogens with zero attached hydrogens (tertiary/aromatic N) is 1. The summed E-state index contributed by atoms with van der Waals surface area (Å²) in [6.45, 7) is 1.73. The predicted molar refractivity (Wildman–Crippen MR) is 61.0 cm³/mol. The maximum Gasteiger partial charge on any atom is 0.253 e. The number of primary amides is 1. The first kappa shape index (κ1) is 10.9. The van der Waals surface area contributed by atoms with Crippen molar-refractivity contribution in [3.8, 4) is 0 Å². The summed E-state index contributed by atoms with van der Waals surface area (Å²) in [7, 11) is 0. The van der Waals surface area contributed by atoms with E-state index in [2.05, 4.69) is 0 Å². The highest BCUT2D eigenvalue weighted by atomic mass is 19.1. The lowest BCUT2D eigenvalue weighted by Crippen LogP contribution is -2.32. The van der Waals surface area contributed by atoms with Crippen LogP contribution in [0.15, 0.2) is 18.2 Å². The van der Waals surface area contributed by atoms with Crippen molar-refractivity contribution in [3.63, 3.8) is 0 Å². The molecule has 0 atom stereocenters. The lowest BCUT2D eigenvalue weighted by molar-refractivity contribution is 0.0997. The third-order valence-corrected chi connectivity index (χ3v) is 2.93. The molecule has 3 nitrogen and oxygen atoms in total. The Bertz CT molecular complexity index is 400. The van der Waals surface area contributed by atoms with Crippen LogP contribution in [-0.4, -0.2) is 19.0 Å². The fraction of sp³-hybridized carbons (Fsp3) is 0.417. The molecule has 1 aliphatic heterocycles. The van der Waals surface area contributed by atoms with Crippen LogP contribution in [0.25, 0.3) is 0 Å². The molecule has 1 aromatic carbocycles. The number of carbonyl (C=O) groups is 1. The van der Waals surface area contributed by atoms with Gasteiger partial charge in [0.25, 0.3) is 5.91 Å². The minimum atomic E-state index is -0.696. The highest BCUT2D eigenvalue weighted by molar-refractivity contribution is 5.99. The van der Waals surface area contributed by atoms with Crippen molar-refractivity contribution in [1.82, 2.24) is 0 Å². The topological polar surface area (TPSA) is 46.3 Å². The van der Waals surface area contributed by atoms with E-state index in [0.29, 0.717) is 5.69 Å². The molecule has 1 aliphatic rings. The van der Waals surface area contributed by atoms with Crippen LogP contribution in [-0.2, 0) is 0 Å². The molecule has 2 N–H and O–H groups in total. The Morgan fingerprint density at radius 2 is 1.94 bits per heavy atom. The number of amides is 1. The molecule has 0 spiro atoms. The van der Waals surface area contributed by atoms with Crippen molar-refractivity contribution in [2.24, 2.45) is 5.73 Å². The average molecular weight is 222 g/mol. The molecule has 1 aromatic rings. The van der Waals surface area contributed by atoms with Crippen molar-refractivity contribution >= 4 is 11.6 Å². The molecule has 1 saturated heterocycles. The molecule has 16 heavy (non-hydrogen) atoms. The Kier molecular flexibility index (Phi) is 3.08. The molecule has 1 amide bonds. The molecule has 1 fully saturated rings. The van der Waals surface area contributed by atoms with E-state index in [-0.39, 0.29) is 5.56 Å². The van der Waals surface area contributed by atoms with Gasteiger partial charge in [0.05, 0.1) is 11.3 Å². The van der Waals surface area contributed by atoms with Gasteiger partial charge in [-0.1, -0.05) is 6.07 Å². The Morgan fingerprint density at radius 3 is 2.56 bits per heavy atom. The summed E-state index contributed by atoms with van der Waals surface area (Å²) in [5.41, 5.74) is 5.87. The van der Waals surface area contributed by atoms with E-state index in [0.717, 1.165) is 25.9 Å². The van der Waals surface area contributed by atoms with Crippen LogP contribution in [0.5, 0.6) is 0 Å². The summed E-state index contributed by atoms with van der Waals surface area (Å²) >= 11 is 0. The van der Waals surface area contributed by atoms with E-state index in [4.69, 9.17) is 5.73 Å². The summed E-state index contributed by atoms with van der Waals surface area (Å²) in [5.74, 6) is -1.23. The number of hydrogen-bond donors (Lipinski definition) is 1. The van der Waals surface area contributed by atoms with E-state index in [1.54, 1.807) is 12.1 Å². The quantitative estimate of drug-likeness (QED) is 0.830. The SMILES string of the molecule is NC(=O)c1c(F)cccc1N1CCCCC1. The molecular weight excluding hydrogens is 207 g/mol. The number of anilines is 1. The first-order valence-corrected chi connectivity index (χ1v) is 5.53. The van der Waals surface area contributed by atoms with Crippen LogP contribution >= 0.6 is 0 Å². The van der Waals surface area contributed by atoms with Gasteiger partial charge in [-0.2, -0.15) is 0 Å². The third kappa shape index (κ3) is 2.01. The molecule has 0 radical (unpaired) electrons. The number of piperidine rings is 1. The van der Waals surface area contributed by atoms with E-state index in [9.17, 15) is 9.18 Å². The van der Waals surface area contributed by atoms with E-state index in [1.165, 1.54) is 12.5 Å². The van der Waals surface area contributed by atoms with Crippen LogP contribution in [0.1, 0.15) is 29.6 Å². The summed E-state index contributed by atoms with van der Waals surface area (Å²) < 4.78 is 13.5. The van der Waals surface area contributed by atoms with Gasteiger partial charge in [0, 0.05) is 13.1 Å². The Balaban J connectivity index is 2.38. The van der Waals surface area contributed by atoms with Gasteiger partial charge in [-0.05, 0) is 31.4 Å². The maximum atomic E-state index is 13.5. The third-order valence-electron chi connectivity index (χ3n) is 2.93. The fourth-order valence-corrected chi connectivity index (χ4v) is 2.16. The van der Waals surface area contributed by atoms with Crippen molar-refractivity contribution < 1.29 is 9.18 Å². The number of nitrogens with two attached hydrogens (primary N) is 1. The molecule has 4 heteroatoms. The molecule has 0 unspecified atom stereocenters. The predicted octanol–water partition coefficient (Wildman–Crippen LogP) is 1.91. The second-order valence-electron chi connectivity index (χ2n) is 4.05. The van der Waals surface area contributed by atoms with Crippen molar-refractivity contribution in [1.29, 1.82) is 0 Å². The monoisotopic (exact) mass is 222 g/mol. The lowest BCUT2D eigenvalue weighted by atomic mass is 10.1. The number of carbonyl (C=O) groups excluding carboxylic acids is 1. The molecule has 0 aliphatic carbocycles. The van der Waals surface area contributed by atoms with Crippen molar-refractivity contribution in [2.45, 2.75) is 19.3 Å². The van der Waals surface area contributed by atoms with Crippen LogP contribution in [0, 0.1) is 5.82 Å². The second-order valence-corrected chi connectivity index (χ2v) is 4.05. The first-order valence-electron chi connectivity index (χ1n) is 5.53. The van der Waals surface area contributed by atoms with E-state index < -0.39 is 11.7 Å². The highest BCUT2D eigenvalue weighted by Crippen LogP contribution is 2.25. The summed E-state index contributed by atoms with van der Waals surface area (Å²) in [5, 5.41) is 0. The minimum Gasteiger partial charge on any atom is -0.371 e. The van der Waals surface area contributed by atoms with Gasteiger partial charge in [0.15, 0.2) is 0 Å². The number of halogens is 1. The number of benzene rings is 1. The Labute approximate surface area is 94.0 Å². The van der Waals surface area contributed by atoms with Crippen LogP contribution in [0.2, 0.25) is 0 Å². The first-order chi connectivity index (χ1) is 7.70. The van der Waals surface area contributed by atoms with Crippen LogP contribution in [0.4, 0.5) is 10.1 Å². The molecule has 0 saturated carbocycles. The van der Waals surface area contributed by atoms with Gasteiger partial charge in [-0.3, -0.25) is 4.79 Å². The standard InChI is InChI=1S/C12H15FN2O/c13-9-5-4-6-10(11(9)12(14)16)15-7-2-1-3-8-15/h4-6H,1-3,7-8H2,(H2,14,16). The van der Waals surface area contributed by atoms with E-state index in [1.807, 2.05) is 4.90 Å². The highest BCUT2D eigenvalue weighted by Gasteiger charge is 2.19. The van der Waals surface area contributed by atoms with Gasteiger partial charge in [0.1, 0.15) is 5.82 Å². The van der Waals surface area contributed by atoms with Crippen LogP contribution in [0.3, 0.4) is 0 Å². The Hall–Kier alpha value is -1.58. The summed E-state index contributed by atoms with van der Waals surface area (Å²) in [4.78, 5) is 13.3. The lowest BCUT2D eigenvalue weighted by Gasteiger charge is -2.30. The van der Waals surface area contributed by atoms with Crippen molar-refractivity contribution in [2.75, 3.05) is 18.0 Å². The van der Waals surface area contributed by atoms with Gasteiger partial charge >= 0.3 is 0 Å². The average Bonchev–Trinajstić information content (AvgIpc) is 2.29. The summed E-state index contributed by atoms with van der Waals surface area (Å²) in [6.07, 6.45) is 3.35. The maximum absolute atomic E-state index is 13.5. The van der Waals surface area contributed by atoms with Crippen LogP contribution < -0.4 is 10.6 Å². The molecular formula is C12H15FN2O. The van der Waals surface area contributed by atoms with Gasteiger partial charge in [-0.15, -0.1) is 0 Å². The number of rotatable bonds is 2. The zero-order valence-corrected chi connectivity index (χ0v) is 9.08. The molecule has 1 heterocycles. The summed E-state index contributed by atoms with van der Waals surface area (Å²) in [6, 6.07) is 4.65. The van der Waals surface area contributed by atoms with Crippen molar-refractivity contribution in [3.05, 3.63) is 29.6 Å². The smallest absolute Gasteiger partial charge is 0.253 e. The fourth-order valence-electron chi connectivity index (χ4n) is 2.16. The Morgan fingerprint density at radius 1 is 1.25 bits per heavy atom. The molecule has 86 valence electrons. The second kappa shape index (κ2) is 4.51. The van der Waals surface area contributed by atoms with E-state index >= 15 is 0 Å².